The van der Waals surface area contributed by atoms with Crippen molar-refractivity contribution in [1.29, 1.82) is 10.8 Å². The Kier molecular flexibility index (Phi) is 16.1. The predicted molar refractivity (Wildman–Crippen MR) is 140 cm³/mol. The topological polar surface area (TPSA) is 237 Å². The maximum Gasteiger partial charge on any atom is 2.00 e. The van der Waals surface area contributed by atoms with E-state index in [1.165, 1.54) is 73.3 Å². The molecule has 210 valence electrons. The molecule has 0 radical (unpaired) electrons. The third kappa shape index (κ3) is 11.0. The Hall–Kier alpha value is -5.54. The second kappa shape index (κ2) is 18.7. The molecule has 0 aliphatic rings. The van der Waals surface area contributed by atoms with E-state index in [1.54, 1.807) is 0 Å². The van der Waals surface area contributed by atoms with E-state index in [0.717, 1.165) is 0 Å². The number of carboxylic acid groups (broad SMARTS) is 3. The summed E-state index contributed by atoms with van der Waals surface area (Å²) in [6.07, 6.45) is 5.51. The van der Waals surface area contributed by atoms with E-state index < -0.39 is 17.9 Å². The van der Waals surface area contributed by atoms with Crippen LogP contribution in [0, 0.1) is 10.8 Å². The van der Waals surface area contributed by atoms with Crippen LogP contribution >= 0.6 is 0 Å². The summed E-state index contributed by atoms with van der Waals surface area (Å²) < 4.78 is 4.68. The minimum absolute atomic E-state index is 0. The number of ether oxygens (including phenoxy) is 1. The molecule has 0 fully saturated rings. The first kappa shape index (κ1) is 35.5. The minimum Gasteiger partial charge on any atom is -0.522 e. The van der Waals surface area contributed by atoms with Crippen molar-refractivity contribution in [1.82, 2.24) is 19.9 Å². The van der Waals surface area contributed by atoms with Gasteiger partial charge < -0.3 is 44.3 Å². The Morgan fingerprint density at radius 2 is 0.902 bits per heavy atom. The van der Waals surface area contributed by atoms with Gasteiger partial charge in [-0.05, 0) is 42.5 Å². The molecule has 0 unspecified atom stereocenters. The number of carboxylic acids is 3. The van der Waals surface area contributed by atoms with Crippen molar-refractivity contribution in [2.24, 2.45) is 0 Å². The molecule has 4 rings (SSSR count). The molecule has 0 saturated carbocycles. The average molecular weight is 735 g/mol. The average Bonchev–Trinajstić information content (AvgIpc) is 3.00. The van der Waals surface area contributed by atoms with Gasteiger partial charge >= 0.3 is 37.7 Å². The van der Waals surface area contributed by atoms with E-state index in [2.05, 4.69) is 38.1 Å². The van der Waals surface area contributed by atoms with Crippen LogP contribution in [0.5, 0.6) is 5.75 Å². The number of aromatic nitrogens is 4. The number of aromatic carboxylic acids is 3. The van der Waals surface area contributed by atoms with Gasteiger partial charge in [0, 0.05) is 30.9 Å². The van der Waals surface area contributed by atoms with Crippen LogP contribution in [-0.2, 0) is 24.6 Å². The first-order valence-electron chi connectivity index (χ1n) is 10.5. The number of carbonyl (C=O) groups excluding carboxylic acids is 1. The molecule has 0 amide bonds. The molecule has 14 nitrogen and oxygen atoms in total. The molecule has 4 aromatic rings. The van der Waals surface area contributed by atoms with Crippen LogP contribution in [-0.4, -0.2) is 73.1 Å². The molecular formula is C26H20N6O8Os. The van der Waals surface area contributed by atoms with Crippen LogP contribution in [0.2, 0.25) is 0 Å². The standard InChI is InChI=1S/2C12H8N2O4.2CH2N.Os/c15-7-18-9-2-4-14-11(6-9)10-5-8(12(16)17)1-3-13-10;15-11(16)7-1-3-13-9(5-7)10-6-8(12(17)18)2-4-14-10;2*1-2;/h1-7H,(H,16,17);1-6H,(H,15,16)(H,17,18);2*1-2H;/q;;2*-1;+2. The quantitative estimate of drug-likeness (QED) is 0.105. The van der Waals surface area contributed by atoms with E-state index in [1.807, 2.05) is 0 Å². The largest absolute Gasteiger partial charge is 2.00 e. The Morgan fingerprint density at radius 1 is 0.610 bits per heavy atom. The van der Waals surface area contributed by atoms with Gasteiger partial charge in [0.2, 0.25) is 0 Å². The van der Waals surface area contributed by atoms with Gasteiger partial charge in [-0.15, -0.1) is 0 Å². The molecule has 0 atom stereocenters. The molecule has 0 bridgehead atoms. The van der Waals surface area contributed by atoms with Gasteiger partial charge in [0.1, 0.15) is 5.75 Å². The maximum absolute atomic E-state index is 10.8. The van der Waals surface area contributed by atoms with Crippen LogP contribution in [0.4, 0.5) is 0 Å². The Balaban J connectivity index is 0.000000681. The summed E-state index contributed by atoms with van der Waals surface area (Å²) in [5, 5.41) is 37.1. The zero-order valence-corrected chi connectivity index (χ0v) is 23.2. The zero-order valence-electron chi connectivity index (χ0n) is 20.7. The van der Waals surface area contributed by atoms with Crippen LogP contribution in [0.3, 0.4) is 0 Å². The van der Waals surface area contributed by atoms with E-state index >= 15 is 0 Å². The third-order valence-corrected chi connectivity index (χ3v) is 4.46. The van der Waals surface area contributed by atoms with Crippen molar-refractivity contribution in [2.75, 3.05) is 0 Å². The zero-order chi connectivity index (χ0) is 30.1. The summed E-state index contributed by atoms with van der Waals surface area (Å²) in [5.74, 6) is -2.88. The Bertz CT molecular complexity index is 1430. The minimum atomic E-state index is -1.08. The number of nitrogens with one attached hydrogen (secondary N) is 2. The first-order chi connectivity index (χ1) is 19.3. The molecule has 0 saturated heterocycles. The normalized spacial score (nSPS) is 8.88. The van der Waals surface area contributed by atoms with Crippen molar-refractivity contribution < 1.29 is 59.0 Å². The van der Waals surface area contributed by atoms with Crippen molar-refractivity contribution in [3.05, 3.63) is 90.0 Å². The monoisotopic (exact) mass is 736 g/mol. The summed E-state index contributed by atoms with van der Waals surface area (Å²) in [5.41, 5.74) is 1.72. The van der Waals surface area contributed by atoms with Gasteiger partial charge in [-0.25, -0.2) is 14.4 Å². The fourth-order valence-electron chi connectivity index (χ4n) is 2.79. The van der Waals surface area contributed by atoms with Gasteiger partial charge in [0.25, 0.3) is 6.47 Å². The second-order valence-corrected chi connectivity index (χ2v) is 6.80. The van der Waals surface area contributed by atoms with Gasteiger partial charge in [0.15, 0.2) is 0 Å². The van der Waals surface area contributed by atoms with E-state index in [4.69, 9.17) is 26.1 Å². The van der Waals surface area contributed by atoms with Gasteiger partial charge in [-0.3, -0.25) is 24.7 Å². The van der Waals surface area contributed by atoms with E-state index in [9.17, 15) is 19.2 Å². The number of pyridine rings is 4. The van der Waals surface area contributed by atoms with Gasteiger partial charge in [-0.2, -0.15) is 0 Å². The van der Waals surface area contributed by atoms with Crippen molar-refractivity contribution in [3.8, 4) is 28.5 Å². The number of rotatable bonds is 7. The number of hydrogen-bond donors (Lipinski definition) is 5. The number of hydrogen-bond acceptors (Lipinski definition) is 11. The smallest absolute Gasteiger partial charge is 0.522 e. The van der Waals surface area contributed by atoms with Crippen molar-refractivity contribution in [3.63, 3.8) is 0 Å². The van der Waals surface area contributed by atoms with Crippen LogP contribution in [0.25, 0.3) is 22.8 Å². The predicted octanol–water partition coefficient (Wildman–Crippen LogP) is 3.20. The molecule has 0 aliphatic carbocycles. The fraction of sp³-hybridized carbons (Fsp3) is 0. The summed E-state index contributed by atoms with van der Waals surface area (Å²) in [7, 11) is 0. The molecule has 0 aromatic carbocycles. The van der Waals surface area contributed by atoms with Crippen molar-refractivity contribution in [2.45, 2.75) is 0 Å². The summed E-state index contributed by atoms with van der Waals surface area (Å²) in [4.78, 5) is 58.7. The molecule has 0 aliphatic heterocycles. The maximum atomic E-state index is 10.8. The van der Waals surface area contributed by atoms with Crippen molar-refractivity contribution >= 4 is 37.8 Å². The van der Waals surface area contributed by atoms with Crippen LogP contribution in [0.15, 0.2) is 73.3 Å². The van der Waals surface area contributed by atoms with Gasteiger partial charge in [-0.1, -0.05) is 0 Å². The molecule has 5 N–H and O–H groups in total. The number of nitrogens with zero attached hydrogens (tertiary/aromatic N) is 4. The van der Waals surface area contributed by atoms with Gasteiger partial charge in [0.05, 0.1) is 39.5 Å². The second-order valence-electron chi connectivity index (χ2n) is 6.80. The molecule has 4 heterocycles. The van der Waals surface area contributed by atoms with E-state index in [-0.39, 0.29) is 36.5 Å². The van der Waals surface area contributed by atoms with Crippen LogP contribution in [0.1, 0.15) is 31.1 Å². The Morgan fingerprint density at radius 3 is 1.20 bits per heavy atom. The fourth-order valence-corrected chi connectivity index (χ4v) is 2.79. The van der Waals surface area contributed by atoms with Crippen LogP contribution < -0.4 is 4.74 Å². The first-order valence-corrected chi connectivity index (χ1v) is 10.5. The summed E-state index contributed by atoms with van der Waals surface area (Å²) in [6, 6.07) is 11.2. The molecule has 41 heavy (non-hydrogen) atoms. The molecule has 15 heteroatoms. The Labute approximate surface area is 245 Å². The molecule has 4 aromatic heterocycles. The SMILES string of the molecule is O=C(O)c1ccnc(-c2cc(C(=O)O)ccn2)c1.O=COc1ccnc(-c2cc(C(=O)O)ccn2)c1.[CH-]=N.[CH-]=N.[Os+2]. The third-order valence-electron chi connectivity index (χ3n) is 4.46. The number of carbonyl (C=O) groups is 4. The molecule has 0 spiro atoms. The summed E-state index contributed by atoms with van der Waals surface area (Å²) in [6.45, 7) is 7.81. The van der Waals surface area contributed by atoms with E-state index in [0.29, 0.717) is 35.0 Å². The summed E-state index contributed by atoms with van der Waals surface area (Å²) >= 11 is 0. The molecular weight excluding hydrogens is 715 g/mol.